The Morgan fingerprint density at radius 3 is 0.933 bits per heavy atom. The van der Waals surface area contributed by atoms with Crippen molar-refractivity contribution in [2.45, 2.75) is 26.2 Å². The molecule has 0 saturated heterocycles. The van der Waals surface area contributed by atoms with Gasteiger partial charge >= 0.3 is 0 Å². The average molecular weight is 871 g/mol. The van der Waals surface area contributed by atoms with Crippen LogP contribution >= 0.6 is 0 Å². The second-order valence-corrected chi connectivity index (χ2v) is 14.8. The minimum atomic E-state index is 0. The van der Waals surface area contributed by atoms with E-state index in [9.17, 15) is 10.2 Å². The Kier molecular flexibility index (Phi) is 13.4. The summed E-state index contributed by atoms with van der Waals surface area (Å²) in [5, 5.41) is 28.3. The fourth-order valence-corrected chi connectivity index (χ4v) is 8.12. The maximum atomic E-state index is 12.3. The molecule has 60 heavy (non-hydrogen) atoms. The molecule has 4 aromatic heterocycles. The van der Waals surface area contributed by atoms with Gasteiger partial charge in [0.1, 0.15) is 11.5 Å². The van der Waals surface area contributed by atoms with Crippen LogP contribution in [0.25, 0.3) is 54.9 Å². The number of phenolic OH excluding ortho intramolecular Hbond substituents is 2. The Bertz CT molecular complexity index is 2710. The van der Waals surface area contributed by atoms with E-state index in [4.69, 9.17) is 0 Å². The minimum absolute atomic E-state index is 0. The molecule has 2 N–H and O–H groups in total. The maximum Gasteiger partial charge on any atom is 0.177 e. The van der Waals surface area contributed by atoms with Crippen molar-refractivity contribution < 1.29 is 78.1 Å². The smallest absolute Gasteiger partial charge is 0.177 e. The molecule has 9 aromatic rings. The van der Waals surface area contributed by atoms with E-state index in [1.165, 1.54) is 11.1 Å². The molecule has 5 aromatic carbocycles. The summed E-state index contributed by atoms with van der Waals surface area (Å²) >= 11 is 0. The van der Waals surface area contributed by atoms with E-state index in [1.807, 2.05) is 36.4 Å². The van der Waals surface area contributed by atoms with Crippen molar-refractivity contribution in [2.75, 3.05) is 0 Å². The first-order valence-corrected chi connectivity index (χ1v) is 19.0. The van der Waals surface area contributed by atoms with Crippen LogP contribution in [-0.4, -0.2) is 10.2 Å². The van der Waals surface area contributed by atoms with Crippen LogP contribution in [0, 0.1) is 0 Å². The molecule has 300 valence electrons. The van der Waals surface area contributed by atoms with Crippen LogP contribution in [-0.2, 0) is 26.2 Å². The first-order chi connectivity index (χ1) is 27.5. The molecule has 0 aliphatic carbocycles. The number of benzene rings is 5. The predicted molar refractivity (Wildman–Crippen MR) is 218 cm³/mol. The molecule has 8 aliphatic heterocycles. The van der Waals surface area contributed by atoms with E-state index in [2.05, 4.69) is 165 Å². The SMILES string of the molecule is Oc1c2cc3ccccc3c1-c1c(O)c(cc3ccccc13)C[n+]1ccc(cc1)-c1cc[n+](cc1)Cc1ccc(cc1)C[n+]1ccc(cc1)-c1cc[n+](cc1)C2.[Cl-].[Cl-].[Cl-].[Cl-]. The molecule has 0 saturated carbocycles. The largest absolute Gasteiger partial charge is 1.00 e. The molecular formula is C50H40Cl4N4O2. The Balaban J connectivity index is 0.00000151. The number of aromatic nitrogens is 4. The molecule has 0 atom stereocenters. The molecule has 6 nitrogen and oxygen atoms in total. The van der Waals surface area contributed by atoms with Gasteiger partial charge in [0.2, 0.25) is 0 Å². The topological polar surface area (TPSA) is 56.0 Å². The van der Waals surface area contributed by atoms with Gasteiger partial charge in [-0.15, -0.1) is 0 Å². The van der Waals surface area contributed by atoms with Crippen molar-refractivity contribution in [2.24, 2.45) is 0 Å². The normalized spacial score (nSPS) is 11.7. The van der Waals surface area contributed by atoms with Crippen LogP contribution < -0.4 is 67.9 Å². The van der Waals surface area contributed by atoms with Crippen LogP contribution in [0.1, 0.15) is 22.3 Å². The summed E-state index contributed by atoms with van der Waals surface area (Å²) in [5.74, 6) is 0.335. The van der Waals surface area contributed by atoms with Gasteiger partial charge in [-0.3, -0.25) is 0 Å². The summed E-state index contributed by atoms with van der Waals surface area (Å²) in [6.07, 6.45) is 16.8. The van der Waals surface area contributed by atoms with Gasteiger partial charge in [-0.2, -0.15) is 0 Å². The standard InChI is InChI=1S/C50H38N4O2.4ClH/c55-49-43-29-41-5-1-3-7-45(41)47(49)48-46-8-4-2-6-42(46)30-44(50(48)56)34-54-27-19-40(20-28-54)38-15-23-52(24-16-38)32-36-11-9-35(10-12-36)31-51-21-13-37(14-22-51)39-17-25-53(33-43)26-18-39;;;;/h1-30H,31-34H2;4*1H/q+2;;;;/p-2. The van der Waals surface area contributed by atoms with E-state index >= 15 is 0 Å². The average Bonchev–Trinajstić information content (AvgIpc) is 3.24. The molecule has 0 unspecified atom stereocenters. The van der Waals surface area contributed by atoms with Crippen molar-refractivity contribution in [1.29, 1.82) is 0 Å². The molecule has 0 amide bonds. The van der Waals surface area contributed by atoms with Crippen molar-refractivity contribution >= 4 is 21.5 Å². The number of rotatable bonds is 0. The van der Waals surface area contributed by atoms with Crippen molar-refractivity contribution in [3.63, 3.8) is 0 Å². The summed E-state index contributed by atoms with van der Waals surface area (Å²) in [6, 6.07) is 46.3. The summed E-state index contributed by atoms with van der Waals surface area (Å²) < 4.78 is 8.58. The summed E-state index contributed by atoms with van der Waals surface area (Å²) in [4.78, 5) is 0. The van der Waals surface area contributed by atoms with Crippen molar-refractivity contribution in [3.8, 4) is 44.9 Å². The van der Waals surface area contributed by atoms with E-state index in [0.717, 1.165) is 68.0 Å². The maximum absolute atomic E-state index is 12.3. The number of phenols is 2. The molecule has 0 fully saturated rings. The van der Waals surface area contributed by atoms with Crippen molar-refractivity contribution in [3.05, 3.63) is 205 Å². The van der Waals surface area contributed by atoms with Crippen LogP contribution in [0.2, 0.25) is 0 Å². The molecule has 8 aliphatic rings. The summed E-state index contributed by atoms with van der Waals surface area (Å²) in [5.41, 5.74) is 9.84. The molecular weight excluding hydrogens is 830 g/mol. The fourth-order valence-electron chi connectivity index (χ4n) is 8.12. The Hall–Kier alpha value is -6.02. The van der Waals surface area contributed by atoms with Gasteiger partial charge in [0.15, 0.2) is 75.8 Å². The Morgan fingerprint density at radius 2 is 0.617 bits per heavy atom. The van der Waals surface area contributed by atoms with Crippen molar-refractivity contribution in [1.82, 2.24) is 0 Å². The molecule has 10 heteroatoms. The van der Waals surface area contributed by atoms with Crippen LogP contribution in [0.3, 0.4) is 0 Å². The third-order valence-corrected chi connectivity index (χ3v) is 11.1. The number of fused-ring (bicyclic) bond motifs is 3. The highest BCUT2D eigenvalue weighted by Gasteiger charge is 2.24. The van der Waals surface area contributed by atoms with Gasteiger partial charge in [-0.1, -0.05) is 72.8 Å². The Morgan fingerprint density at radius 1 is 0.333 bits per heavy atom. The van der Waals surface area contributed by atoms with E-state index in [0.29, 0.717) is 24.2 Å². The molecule has 17 rings (SSSR count). The lowest BCUT2D eigenvalue weighted by Gasteiger charge is -2.18. The fraction of sp³-hybridized carbons (Fsp3) is 0.0800. The number of nitrogens with zero attached hydrogens (tertiary/aromatic N) is 4. The quantitative estimate of drug-likeness (QED) is 0.153. The molecule has 12 heterocycles. The number of aromatic hydroxyl groups is 2. The monoisotopic (exact) mass is 868 g/mol. The number of halogens is 4. The molecule has 14 bridgehead atoms. The van der Waals surface area contributed by atoms with E-state index < -0.39 is 0 Å². The second kappa shape index (κ2) is 18.5. The lowest BCUT2D eigenvalue weighted by atomic mass is 9.88. The zero-order valence-corrected chi connectivity index (χ0v) is 35.4. The van der Waals surface area contributed by atoms with Crippen LogP contribution in [0.4, 0.5) is 0 Å². The number of hydrogen-bond donors (Lipinski definition) is 2. The van der Waals surface area contributed by atoms with Gasteiger partial charge in [0.05, 0.1) is 11.1 Å². The van der Waals surface area contributed by atoms with E-state index in [1.54, 1.807) is 0 Å². The van der Waals surface area contributed by atoms with E-state index in [-0.39, 0.29) is 61.1 Å². The molecule has 0 radical (unpaired) electrons. The zero-order valence-electron chi connectivity index (χ0n) is 32.3. The van der Waals surface area contributed by atoms with Gasteiger partial charge in [-0.25, -0.2) is 18.3 Å². The number of pyridine rings is 4. The van der Waals surface area contributed by atoms with Gasteiger partial charge in [-0.05, 0) is 55.9 Å². The van der Waals surface area contributed by atoms with Gasteiger partial charge in [0.25, 0.3) is 0 Å². The second-order valence-electron chi connectivity index (χ2n) is 14.8. The third-order valence-electron chi connectivity index (χ3n) is 11.1. The predicted octanol–water partition coefficient (Wildman–Crippen LogP) is -3.92. The first-order valence-electron chi connectivity index (χ1n) is 19.0. The Labute approximate surface area is 374 Å². The van der Waals surface area contributed by atoms with Crippen LogP contribution in [0.15, 0.2) is 183 Å². The van der Waals surface area contributed by atoms with Crippen LogP contribution in [0.5, 0.6) is 11.5 Å². The lowest BCUT2D eigenvalue weighted by molar-refractivity contribution is -0.689. The summed E-state index contributed by atoms with van der Waals surface area (Å²) in [7, 11) is 0. The minimum Gasteiger partial charge on any atom is -1.00 e. The lowest BCUT2D eigenvalue weighted by Crippen LogP contribution is -3.00. The zero-order chi connectivity index (χ0) is 37.6. The highest BCUT2D eigenvalue weighted by Crippen LogP contribution is 2.47. The van der Waals surface area contributed by atoms with Gasteiger partial charge < -0.3 is 59.8 Å². The first kappa shape index (κ1) is 43.6. The highest BCUT2D eigenvalue weighted by atomic mass is 35.5. The third kappa shape index (κ3) is 8.51. The highest BCUT2D eigenvalue weighted by molar-refractivity contribution is 6.10. The molecule has 0 spiro atoms. The summed E-state index contributed by atoms with van der Waals surface area (Å²) in [6.45, 7) is 2.51. The number of hydrogen-bond acceptors (Lipinski definition) is 2. The van der Waals surface area contributed by atoms with Gasteiger partial charge in [0, 0.05) is 70.8 Å².